The molecular weight excluding hydrogens is 260 g/mol. The molecule has 1 aromatic carbocycles. The van der Waals surface area contributed by atoms with Crippen LogP contribution in [0.5, 0.6) is 0 Å². The minimum Gasteiger partial charge on any atom is -0.389 e. The molecule has 0 aliphatic carbocycles. The molecule has 2 aromatic rings. The van der Waals surface area contributed by atoms with Crippen molar-refractivity contribution in [3.05, 3.63) is 58.7 Å². The summed E-state index contributed by atoms with van der Waals surface area (Å²) in [7, 11) is 1.99. The van der Waals surface area contributed by atoms with Gasteiger partial charge in [-0.25, -0.2) is 4.98 Å². The lowest BCUT2D eigenvalue weighted by Crippen LogP contribution is -2.17. The Morgan fingerprint density at radius 3 is 2.42 bits per heavy atom. The lowest BCUT2D eigenvalue weighted by atomic mass is 10.2. The van der Waals surface area contributed by atoms with Crippen LogP contribution in [0, 0.1) is 0 Å². The van der Waals surface area contributed by atoms with Crippen molar-refractivity contribution in [1.82, 2.24) is 4.98 Å². The zero-order valence-electron chi connectivity index (χ0n) is 11.0. The molecule has 1 N–H and O–H groups in total. The van der Waals surface area contributed by atoms with Crippen molar-refractivity contribution in [3.8, 4) is 0 Å². The van der Waals surface area contributed by atoms with Crippen molar-refractivity contribution in [1.29, 1.82) is 0 Å². The second kappa shape index (κ2) is 6.04. The summed E-state index contributed by atoms with van der Waals surface area (Å²) in [6, 6.07) is 11.6. The fourth-order valence-corrected chi connectivity index (χ4v) is 1.94. The molecule has 0 fully saturated rings. The van der Waals surface area contributed by atoms with Crippen LogP contribution in [0.25, 0.3) is 0 Å². The molecule has 0 spiro atoms. The summed E-state index contributed by atoms with van der Waals surface area (Å²) >= 11 is 5.86. The van der Waals surface area contributed by atoms with Crippen LogP contribution in [-0.4, -0.2) is 17.1 Å². The third-order valence-corrected chi connectivity index (χ3v) is 3.23. The molecule has 0 bridgehead atoms. The average molecular weight is 277 g/mol. The zero-order valence-corrected chi connectivity index (χ0v) is 11.8. The van der Waals surface area contributed by atoms with Gasteiger partial charge in [-0.1, -0.05) is 29.8 Å². The first-order valence-corrected chi connectivity index (χ1v) is 6.53. The van der Waals surface area contributed by atoms with Gasteiger partial charge in [0.1, 0.15) is 5.82 Å². The predicted molar refractivity (Wildman–Crippen MR) is 78.4 cm³/mol. The third-order valence-electron chi connectivity index (χ3n) is 2.98. The standard InChI is InChI=1S/C15H17ClN2O/c1-11(19)13-5-8-15(17-9-13)18(2)10-12-3-6-14(16)7-4-12/h3-9,11,19H,10H2,1-2H3/t11-/m0/s1. The summed E-state index contributed by atoms with van der Waals surface area (Å²) in [6.07, 6.45) is 1.22. The first-order valence-electron chi connectivity index (χ1n) is 6.16. The van der Waals surface area contributed by atoms with Crippen LogP contribution in [0.15, 0.2) is 42.6 Å². The predicted octanol–water partition coefficient (Wildman–Crippen LogP) is 3.42. The number of aliphatic hydroxyl groups excluding tert-OH is 1. The van der Waals surface area contributed by atoms with E-state index in [1.54, 1.807) is 13.1 Å². The van der Waals surface area contributed by atoms with Gasteiger partial charge in [0.05, 0.1) is 6.10 Å². The third kappa shape index (κ3) is 3.69. The van der Waals surface area contributed by atoms with E-state index >= 15 is 0 Å². The summed E-state index contributed by atoms with van der Waals surface area (Å²) < 4.78 is 0. The summed E-state index contributed by atoms with van der Waals surface area (Å²) in [5.74, 6) is 0.874. The maximum Gasteiger partial charge on any atom is 0.128 e. The molecule has 100 valence electrons. The Bertz CT molecular complexity index is 523. The summed E-state index contributed by atoms with van der Waals surface area (Å²) in [5.41, 5.74) is 2.00. The fraction of sp³-hybridized carbons (Fsp3) is 0.267. The van der Waals surface area contributed by atoms with Crippen molar-refractivity contribution in [2.24, 2.45) is 0 Å². The van der Waals surface area contributed by atoms with Gasteiger partial charge in [-0.2, -0.15) is 0 Å². The maximum atomic E-state index is 9.45. The van der Waals surface area contributed by atoms with Crippen molar-refractivity contribution >= 4 is 17.4 Å². The van der Waals surface area contributed by atoms with Gasteiger partial charge in [0.2, 0.25) is 0 Å². The van der Waals surface area contributed by atoms with E-state index in [4.69, 9.17) is 11.6 Å². The van der Waals surface area contributed by atoms with Crippen LogP contribution < -0.4 is 4.90 Å². The van der Waals surface area contributed by atoms with Crippen molar-refractivity contribution < 1.29 is 5.11 Å². The van der Waals surface area contributed by atoms with E-state index in [2.05, 4.69) is 9.88 Å². The molecule has 0 amide bonds. The largest absolute Gasteiger partial charge is 0.389 e. The lowest BCUT2D eigenvalue weighted by Gasteiger charge is -2.18. The molecule has 0 radical (unpaired) electrons. The smallest absolute Gasteiger partial charge is 0.128 e. The van der Waals surface area contributed by atoms with E-state index in [1.165, 1.54) is 5.56 Å². The van der Waals surface area contributed by atoms with Gasteiger partial charge in [0.15, 0.2) is 0 Å². The number of hydrogen-bond acceptors (Lipinski definition) is 3. The van der Waals surface area contributed by atoms with E-state index in [1.807, 2.05) is 43.4 Å². The summed E-state index contributed by atoms with van der Waals surface area (Å²) in [4.78, 5) is 6.40. The second-order valence-electron chi connectivity index (χ2n) is 4.61. The molecule has 2 rings (SSSR count). The SMILES string of the molecule is C[C@H](O)c1ccc(N(C)Cc2ccc(Cl)cc2)nc1. The van der Waals surface area contributed by atoms with Gasteiger partial charge in [-0.3, -0.25) is 0 Å². The second-order valence-corrected chi connectivity index (χ2v) is 5.04. The highest BCUT2D eigenvalue weighted by molar-refractivity contribution is 6.30. The number of aromatic nitrogens is 1. The number of pyridine rings is 1. The fourth-order valence-electron chi connectivity index (χ4n) is 1.82. The van der Waals surface area contributed by atoms with Crippen LogP contribution in [0.1, 0.15) is 24.2 Å². The Kier molecular flexibility index (Phi) is 4.40. The first-order chi connectivity index (χ1) is 9.06. The normalized spacial score (nSPS) is 12.2. The Labute approximate surface area is 118 Å². The number of halogens is 1. The first kappa shape index (κ1) is 13.8. The van der Waals surface area contributed by atoms with Gasteiger partial charge in [0.25, 0.3) is 0 Å². The molecular formula is C15H17ClN2O. The molecule has 3 nitrogen and oxygen atoms in total. The molecule has 0 unspecified atom stereocenters. The molecule has 1 aromatic heterocycles. The highest BCUT2D eigenvalue weighted by Gasteiger charge is 2.05. The highest BCUT2D eigenvalue weighted by atomic mass is 35.5. The number of nitrogens with zero attached hydrogens (tertiary/aromatic N) is 2. The maximum absolute atomic E-state index is 9.45. The van der Waals surface area contributed by atoms with Gasteiger partial charge < -0.3 is 10.0 Å². The number of hydrogen-bond donors (Lipinski definition) is 1. The summed E-state index contributed by atoms with van der Waals surface area (Å²) in [5, 5.41) is 10.2. The van der Waals surface area contributed by atoms with E-state index < -0.39 is 6.10 Å². The van der Waals surface area contributed by atoms with Crippen LogP contribution >= 0.6 is 11.6 Å². The van der Waals surface area contributed by atoms with E-state index in [-0.39, 0.29) is 0 Å². The van der Waals surface area contributed by atoms with E-state index in [9.17, 15) is 5.11 Å². The van der Waals surface area contributed by atoms with E-state index in [0.29, 0.717) is 0 Å². The Morgan fingerprint density at radius 2 is 1.89 bits per heavy atom. The number of rotatable bonds is 4. The average Bonchev–Trinajstić information content (AvgIpc) is 2.41. The number of aliphatic hydroxyl groups is 1. The molecule has 0 aliphatic heterocycles. The lowest BCUT2D eigenvalue weighted by molar-refractivity contribution is 0.199. The number of anilines is 1. The number of benzene rings is 1. The Hall–Kier alpha value is -1.58. The van der Waals surface area contributed by atoms with Crippen LogP contribution in [-0.2, 0) is 6.54 Å². The molecule has 0 saturated heterocycles. The summed E-state index contributed by atoms with van der Waals surface area (Å²) in [6.45, 7) is 2.49. The van der Waals surface area contributed by atoms with Gasteiger partial charge in [0, 0.05) is 24.8 Å². The monoisotopic (exact) mass is 276 g/mol. The van der Waals surface area contributed by atoms with Crippen LogP contribution in [0.2, 0.25) is 5.02 Å². The quantitative estimate of drug-likeness (QED) is 0.929. The minimum absolute atomic E-state index is 0.483. The van der Waals surface area contributed by atoms with E-state index in [0.717, 1.165) is 22.9 Å². The van der Waals surface area contributed by atoms with Crippen LogP contribution in [0.3, 0.4) is 0 Å². The molecule has 19 heavy (non-hydrogen) atoms. The molecule has 0 aliphatic rings. The zero-order chi connectivity index (χ0) is 13.8. The van der Waals surface area contributed by atoms with Gasteiger partial charge in [-0.05, 0) is 36.2 Å². The minimum atomic E-state index is -0.483. The van der Waals surface area contributed by atoms with Crippen molar-refractivity contribution in [3.63, 3.8) is 0 Å². The van der Waals surface area contributed by atoms with Gasteiger partial charge >= 0.3 is 0 Å². The molecule has 4 heteroatoms. The van der Waals surface area contributed by atoms with Crippen molar-refractivity contribution in [2.75, 3.05) is 11.9 Å². The van der Waals surface area contributed by atoms with Crippen LogP contribution in [0.4, 0.5) is 5.82 Å². The Balaban J connectivity index is 2.07. The Morgan fingerprint density at radius 1 is 1.21 bits per heavy atom. The van der Waals surface area contributed by atoms with Gasteiger partial charge in [-0.15, -0.1) is 0 Å². The molecule has 1 heterocycles. The highest BCUT2D eigenvalue weighted by Crippen LogP contribution is 2.17. The molecule has 1 atom stereocenters. The van der Waals surface area contributed by atoms with Crippen molar-refractivity contribution in [2.45, 2.75) is 19.6 Å². The molecule has 0 saturated carbocycles. The topological polar surface area (TPSA) is 36.4 Å².